The zero-order valence-corrected chi connectivity index (χ0v) is 19.9. The molecule has 0 bridgehead atoms. The lowest BCUT2D eigenvalue weighted by Crippen LogP contribution is -2.54. The average Bonchev–Trinajstić information content (AvgIpc) is 3.26. The Morgan fingerprint density at radius 2 is 1.91 bits per heavy atom. The van der Waals surface area contributed by atoms with Crippen molar-refractivity contribution in [1.29, 1.82) is 0 Å². The summed E-state index contributed by atoms with van der Waals surface area (Å²) in [5.74, 6) is 0.923. The molecule has 0 unspecified atom stereocenters. The molecule has 0 atom stereocenters. The molecule has 0 saturated carbocycles. The molecule has 0 spiro atoms. The molecule has 2 aromatic heterocycles. The van der Waals surface area contributed by atoms with Crippen molar-refractivity contribution in [2.45, 2.75) is 25.4 Å². The van der Waals surface area contributed by atoms with Gasteiger partial charge in [-0.05, 0) is 55.8 Å². The Morgan fingerprint density at radius 3 is 2.64 bits per heavy atom. The fraction of sp³-hybridized carbons (Fsp3) is 0.440. The Labute approximate surface area is 198 Å². The number of amides is 1. The molecule has 174 valence electrons. The maximum absolute atomic E-state index is 13.7. The fourth-order valence-corrected chi connectivity index (χ4v) is 5.85. The highest BCUT2D eigenvalue weighted by Gasteiger charge is 2.30. The highest BCUT2D eigenvalue weighted by atomic mass is 32.1. The summed E-state index contributed by atoms with van der Waals surface area (Å²) >= 11 is 1.60. The molecule has 0 aliphatic carbocycles. The highest BCUT2D eigenvalue weighted by molar-refractivity contribution is 7.23. The number of rotatable bonds is 6. The molecule has 1 aromatic carbocycles. The van der Waals surface area contributed by atoms with Gasteiger partial charge < -0.3 is 20.3 Å². The number of benzene rings is 1. The summed E-state index contributed by atoms with van der Waals surface area (Å²) in [7, 11) is 1.67. The van der Waals surface area contributed by atoms with Crippen LogP contribution in [0.1, 0.15) is 28.8 Å². The second-order valence-corrected chi connectivity index (χ2v) is 9.72. The molecule has 33 heavy (non-hydrogen) atoms. The summed E-state index contributed by atoms with van der Waals surface area (Å²) in [6.45, 7) is 6.26. The van der Waals surface area contributed by atoms with Crippen molar-refractivity contribution >= 4 is 32.5 Å². The molecule has 5 rings (SSSR count). The van der Waals surface area contributed by atoms with Crippen molar-refractivity contribution in [2.24, 2.45) is 0 Å². The van der Waals surface area contributed by atoms with Gasteiger partial charge in [0.05, 0.1) is 17.3 Å². The first-order chi connectivity index (χ1) is 16.2. The van der Waals surface area contributed by atoms with Gasteiger partial charge >= 0.3 is 0 Å². The first-order valence-electron chi connectivity index (χ1n) is 11.7. The second kappa shape index (κ2) is 10.1. The molecule has 2 aliphatic heterocycles. The zero-order valence-electron chi connectivity index (χ0n) is 19.0. The van der Waals surface area contributed by atoms with E-state index in [2.05, 4.69) is 20.5 Å². The number of hydrogen-bond donors (Lipinski definition) is 2. The van der Waals surface area contributed by atoms with E-state index in [1.165, 1.54) is 12.8 Å². The minimum absolute atomic E-state index is 0.0853. The summed E-state index contributed by atoms with van der Waals surface area (Å²) in [6.07, 6.45) is 4.17. The summed E-state index contributed by atoms with van der Waals surface area (Å²) in [6, 6.07) is 12.6. The summed E-state index contributed by atoms with van der Waals surface area (Å²) < 4.78 is 6.29. The largest absolute Gasteiger partial charge is 0.497 e. The predicted molar refractivity (Wildman–Crippen MR) is 133 cm³/mol. The van der Waals surface area contributed by atoms with Gasteiger partial charge in [-0.3, -0.25) is 14.7 Å². The van der Waals surface area contributed by atoms with E-state index in [-0.39, 0.29) is 5.91 Å². The van der Waals surface area contributed by atoms with Crippen LogP contribution in [0, 0.1) is 0 Å². The number of methoxy groups -OCH3 is 1. The third kappa shape index (κ3) is 4.83. The lowest BCUT2D eigenvalue weighted by atomic mass is 10.0. The Hall–Kier alpha value is -2.68. The molecule has 2 saturated heterocycles. The number of carbonyl (C=O) groups is 1. The third-order valence-corrected chi connectivity index (χ3v) is 7.80. The molecule has 3 aromatic rings. The Bertz CT molecular complexity index is 1090. The number of piperazine rings is 1. The molecular formula is C25H31N5O2S. The molecule has 2 N–H and O–H groups in total. The zero-order chi connectivity index (χ0) is 22.6. The van der Waals surface area contributed by atoms with Crippen LogP contribution in [0.5, 0.6) is 5.75 Å². The third-order valence-electron chi connectivity index (χ3n) is 6.70. The minimum atomic E-state index is 0.0853. The van der Waals surface area contributed by atoms with E-state index >= 15 is 0 Å². The van der Waals surface area contributed by atoms with Crippen molar-refractivity contribution < 1.29 is 9.53 Å². The van der Waals surface area contributed by atoms with Crippen LogP contribution < -0.4 is 15.4 Å². The molecule has 8 heteroatoms. The number of pyridine rings is 1. The van der Waals surface area contributed by atoms with Crippen LogP contribution in [0.15, 0.2) is 42.6 Å². The molecule has 1 amide bonds. The van der Waals surface area contributed by atoms with Gasteiger partial charge in [-0.15, -0.1) is 11.3 Å². The van der Waals surface area contributed by atoms with Crippen LogP contribution in [0.25, 0.3) is 10.2 Å². The Morgan fingerprint density at radius 1 is 1.15 bits per heavy atom. The van der Waals surface area contributed by atoms with Crippen molar-refractivity contribution in [2.75, 3.05) is 51.7 Å². The van der Waals surface area contributed by atoms with E-state index in [4.69, 9.17) is 4.74 Å². The van der Waals surface area contributed by atoms with Gasteiger partial charge in [0.1, 0.15) is 16.3 Å². The number of nitrogens with zero attached hydrogens (tertiary/aromatic N) is 3. The maximum atomic E-state index is 13.7. The monoisotopic (exact) mass is 465 g/mol. The van der Waals surface area contributed by atoms with Crippen molar-refractivity contribution in [3.05, 3.63) is 53.7 Å². The summed E-state index contributed by atoms with van der Waals surface area (Å²) in [5, 5.41) is 7.85. The van der Waals surface area contributed by atoms with Crippen molar-refractivity contribution in [3.63, 3.8) is 0 Å². The minimum Gasteiger partial charge on any atom is -0.497 e. The average molecular weight is 466 g/mol. The van der Waals surface area contributed by atoms with Crippen LogP contribution in [0.3, 0.4) is 0 Å². The molecule has 4 heterocycles. The number of nitrogens with one attached hydrogen (secondary N) is 2. The van der Waals surface area contributed by atoms with Crippen LogP contribution in [0.2, 0.25) is 0 Å². The summed E-state index contributed by atoms with van der Waals surface area (Å²) in [5.41, 5.74) is 2.64. The van der Waals surface area contributed by atoms with Crippen LogP contribution in [0.4, 0.5) is 5.00 Å². The Kier molecular flexibility index (Phi) is 6.75. The van der Waals surface area contributed by atoms with Gasteiger partial charge in [-0.25, -0.2) is 0 Å². The van der Waals surface area contributed by atoms with Gasteiger partial charge in [0, 0.05) is 45.0 Å². The number of fused-ring (bicyclic) bond motifs is 1. The first-order valence-corrected chi connectivity index (χ1v) is 12.5. The van der Waals surface area contributed by atoms with Crippen molar-refractivity contribution in [3.8, 4) is 5.75 Å². The number of hydrogen-bond acceptors (Lipinski definition) is 7. The SMILES string of the molecule is COc1ccc(CNc2sc3cccnc3c2C(=O)N2CCN(C3CCNCC3)CC2)cc1. The van der Waals surface area contributed by atoms with E-state index in [0.29, 0.717) is 18.2 Å². The molecule has 2 aliphatic rings. The maximum Gasteiger partial charge on any atom is 0.259 e. The second-order valence-electron chi connectivity index (χ2n) is 8.67. The van der Waals surface area contributed by atoms with Gasteiger partial charge in [0.2, 0.25) is 0 Å². The lowest BCUT2D eigenvalue weighted by molar-refractivity contribution is 0.0535. The van der Waals surface area contributed by atoms with Crippen LogP contribution in [-0.2, 0) is 6.54 Å². The van der Waals surface area contributed by atoms with E-state index in [9.17, 15) is 4.79 Å². The Balaban J connectivity index is 1.31. The quantitative estimate of drug-likeness (QED) is 0.581. The number of anilines is 1. The predicted octanol–water partition coefficient (Wildman–Crippen LogP) is 3.43. The molecule has 0 radical (unpaired) electrons. The van der Waals surface area contributed by atoms with Gasteiger partial charge in [-0.1, -0.05) is 12.1 Å². The van der Waals surface area contributed by atoms with Crippen LogP contribution in [-0.4, -0.2) is 73.1 Å². The number of piperidine rings is 1. The number of aromatic nitrogens is 1. The number of ether oxygens (including phenoxy) is 1. The topological polar surface area (TPSA) is 69.7 Å². The van der Waals surface area contributed by atoms with Crippen LogP contribution >= 0.6 is 11.3 Å². The van der Waals surface area contributed by atoms with E-state index in [1.54, 1.807) is 24.6 Å². The van der Waals surface area contributed by atoms with Gasteiger partial charge in [-0.2, -0.15) is 0 Å². The van der Waals surface area contributed by atoms with Crippen molar-refractivity contribution in [1.82, 2.24) is 20.1 Å². The normalized spacial score (nSPS) is 17.9. The standard InChI is InChI=1S/C25H31N5O2S/c1-32-20-6-4-18(5-7-20)17-28-24-22(23-21(33-24)3-2-10-27-23)25(31)30-15-13-29(14-16-30)19-8-11-26-12-9-19/h2-7,10,19,26,28H,8-9,11-17H2,1H3. The first kappa shape index (κ1) is 22.1. The number of carbonyl (C=O) groups excluding carboxylic acids is 1. The number of thiophene rings is 1. The fourth-order valence-electron chi connectivity index (χ4n) is 4.80. The van der Waals surface area contributed by atoms with Gasteiger partial charge in [0.25, 0.3) is 5.91 Å². The van der Waals surface area contributed by atoms with E-state index in [0.717, 1.165) is 65.8 Å². The lowest BCUT2D eigenvalue weighted by Gasteiger charge is -2.40. The molecule has 2 fully saturated rings. The van der Waals surface area contributed by atoms with E-state index in [1.807, 2.05) is 41.3 Å². The van der Waals surface area contributed by atoms with E-state index < -0.39 is 0 Å². The smallest absolute Gasteiger partial charge is 0.259 e. The molecule has 7 nitrogen and oxygen atoms in total. The summed E-state index contributed by atoms with van der Waals surface area (Å²) in [4.78, 5) is 22.8. The molecular weight excluding hydrogens is 434 g/mol. The van der Waals surface area contributed by atoms with Gasteiger partial charge in [0.15, 0.2) is 0 Å². The highest BCUT2D eigenvalue weighted by Crippen LogP contribution is 2.36.